The van der Waals surface area contributed by atoms with Crippen molar-refractivity contribution in [2.45, 2.75) is 13.8 Å². The first-order valence-corrected chi connectivity index (χ1v) is 4.73. The summed E-state index contributed by atoms with van der Waals surface area (Å²) in [6.07, 6.45) is 0. The van der Waals surface area contributed by atoms with Gasteiger partial charge in [0.2, 0.25) is 0 Å². The van der Waals surface area contributed by atoms with Crippen LogP contribution in [0.1, 0.15) is 12.5 Å². The third-order valence-corrected chi connectivity index (χ3v) is 2.03. The first-order chi connectivity index (χ1) is 6.63. The van der Waals surface area contributed by atoms with Gasteiger partial charge in [-0.15, -0.1) is 0 Å². The Hall–Kier alpha value is -1.22. The number of rotatable bonds is 4. The van der Waals surface area contributed by atoms with E-state index in [1.807, 2.05) is 32.0 Å². The highest BCUT2D eigenvalue weighted by atomic mass is 16.5. The topological polar surface area (TPSA) is 55.5 Å². The maximum Gasteiger partial charge on any atom is 0.122 e. The van der Waals surface area contributed by atoms with Gasteiger partial charge in [0.1, 0.15) is 5.75 Å². The van der Waals surface area contributed by atoms with Crippen molar-refractivity contribution in [3.8, 4) is 5.75 Å². The molecule has 0 heterocycles. The maximum absolute atomic E-state index is 8.83. The number of aliphatic hydroxyl groups is 1. The molecular weight excluding hydrogens is 178 g/mol. The van der Waals surface area contributed by atoms with Crippen LogP contribution < -0.4 is 10.5 Å². The van der Waals surface area contributed by atoms with Gasteiger partial charge in [-0.2, -0.15) is 0 Å². The number of anilines is 1. The Kier molecular flexibility index (Phi) is 3.77. The van der Waals surface area contributed by atoms with E-state index in [4.69, 9.17) is 15.6 Å². The molecule has 0 bridgehead atoms. The summed E-state index contributed by atoms with van der Waals surface area (Å²) in [5.74, 6) is 0.992. The van der Waals surface area contributed by atoms with Gasteiger partial charge in [-0.3, -0.25) is 0 Å². The first-order valence-electron chi connectivity index (χ1n) is 4.73. The predicted octanol–water partition coefficient (Wildman–Crippen LogP) is 1.58. The van der Waals surface area contributed by atoms with Crippen molar-refractivity contribution >= 4 is 5.69 Å². The van der Waals surface area contributed by atoms with E-state index in [0.29, 0.717) is 6.61 Å². The summed E-state index contributed by atoms with van der Waals surface area (Å²) in [6, 6.07) is 5.54. The number of nitrogen functional groups attached to an aromatic ring is 1. The van der Waals surface area contributed by atoms with E-state index in [0.717, 1.165) is 17.0 Å². The van der Waals surface area contributed by atoms with Crippen molar-refractivity contribution in [1.29, 1.82) is 0 Å². The van der Waals surface area contributed by atoms with Gasteiger partial charge < -0.3 is 15.6 Å². The molecule has 78 valence electrons. The van der Waals surface area contributed by atoms with Gasteiger partial charge >= 0.3 is 0 Å². The van der Waals surface area contributed by atoms with Crippen molar-refractivity contribution in [1.82, 2.24) is 0 Å². The fourth-order valence-electron chi connectivity index (χ4n) is 1.12. The molecule has 0 spiro atoms. The lowest BCUT2D eigenvalue weighted by molar-refractivity contribution is 0.174. The summed E-state index contributed by atoms with van der Waals surface area (Å²) in [6.45, 7) is 4.57. The van der Waals surface area contributed by atoms with Crippen LogP contribution in [0, 0.1) is 12.8 Å². The highest BCUT2D eigenvalue weighted by molar-refractivity contribution is 5.47. The second-order valence-electron chi connectivity index (χ2n) is 3.62. The zero-order valence-electron chi connectivity index (χ0n) is 8.66. The van der Waals surface area contributed by atoms with E-state index < -0.39 is 0 Å². The molecule has 1 unspecified atom stereocenters. The van der Waals surface area contributed by atoms with E-state index in [2.05, 4.69) is 0 Å². The van der Waals surface area contributed by atoms with Crippen LogP contribution in [0.25, 0.3) is 0 Å². The van der Waals surface area contributed by atoms with E-state index in [1.165, 1.54) is 0 Å². The fraction of sp³-hybridized carbons (Fsp3) is 0.455. The maximum atomic E-state index is 8.83. The third-order valence-electron chi connectivity index (χ3n) is 2.03. The summed E-state index contributed by atoms with van der Waals surface area (Å²) in [7, 11) is 0. The van der Waals surface area contributed by atoms with Crippen LogP contribution in [-0.2, 0) is 0 Å². The van der Waals surface area contributed by atoms with Crippen molar-refractivity contribution in [2.24, 2.45) is 5.92 Å². The molecule has 1 rings (SSSR count). The molecule has 1 atom stereocenters. The molecule has 3 heteroatoms. The van der Waals surface area contributed by atoms with Crippen LogP contribution >= 0.6 is 0 Å². The van der Waals surface area contributed by atoms with Gasteiger partial charge in [-0.1, -0.05) is 6.92 Å². The Morgan fingerprint density at radius 3 is 2.79 bits per heavy atom. The van der Waals surface area contributed by atoms with Crippen LogP contribution in [0.2, 0.25) is 0 Å². The Morgan fingerprint density at radius 2 is 2.21 bits per heavy atom. The largest absolute Gasteiger partial charge is 0.493 e. The molecule has 3 N–H and O–H groups in total. The molecule has 0 radical (unpaired) electrons. The van der Waals surface area contributed by atoms with Crippen molar-refractivity contribution < 1.29 is 9.84 Å². The molecule has 0 saturated heterocycles. The van der Waals surface area contributed by atoms with Crippen LogP contribution in [0.15, 0.2) is 18.2 Å². The molecule has 3 nitrogen and oxygen atoms in total. The molecule has 0 aliphatic carbocycles. The van der Waals surface area contributed by atoms with Crippen molar-refractivity contribution in [3.63, 3.8) is 0 Å². The lowest BCUT2D eigenvalue weighted by Gasteiger charge is -2.12. The van der Waals surface area contributed by atoms with Gasteiger partial charge in [-0.25, -0.2) is 0 Å². The number of hydrogen-bond acceptors (Lipinski definition) is 3. The third kappa shape index (κ3) is 2.92. The lowest BCUT2D eigenvalue weighted by atomic mass is 10.2. The molecular formula is C11H17NO2. The van der Waals surface area contributed by atoms with Gasteiger partial charge in [0.25, 0.3) is 0 Å². The van der Waals surface area contributed by atoms with E-state index in [-0.39, 0.29) is 12.5 Å². The smallest absolute Gasteiger partial charge is 0.122 e. The molecule has 0 aromatic heterocycles. The summed E-state index contributed by atoms with van der Waals surface area (Å²) < 4.78 is 5.53. The van der Waals surface area contributed by atoms with Crippen molar-refractivity contribution in [3.05, 3.63) is 23.8 Å². The standard InChI is InChI=1S/C11H17NO2/c1-8(6-13)7-14-11-4-3-10(12)5-9(11)2/h3-5,8,13H,6-7,12H2,1-2H3. The van der Waals surface area contributed by atoms with Crippen molar-refractivity contribution in [2.75, 3.05) is 18.9 Å². The zero-order valence-corrected chi connectivity index (χ0v) is 8.66. The summed E-state index contributed by atoms with van der Waals surface area (Å²) >= 11 is 0. The number of aliphatic hydroxyl groups excluding tert-OH is 1. The number of nitrogens with two attached hydrogens (primary N) is 1. The Labute approximate surface area is 84.5 Å². The number of ether oxygens (including phenoxy) is 1. The molecule has 0 aliphatic heterocycles. The quantitative estimate of drug-likeness (QED) is 0.717. The van der Waals surface area contributed by atoms with E-state index in [1.54, 1.807) is 0 Å². The van der Waals surface area contributed by atoms with Gasteiger partial charge in [0.15, 0.2) is 0 Å². The van der Waals surface area contributed by atoms with Gasteiger partial charge in [0, 0.05) is 18.2 Å². The molecule has 14 heavy (non-hydrogen) atoms. The minimum Gasteiger partial charge on any atom is -0.493 e. The number of hydrogen-bond donors (Lipinski definition) is 2. The fourth-order valence-corrected chi connectivity index (χ4v) is 1.12. The average Bonchev–Trinajstić information content (AvgIpc) is 2.16. The van der Waals surface area contributed by atoms with Gasteiger partial charge in [0.05, 0.1) is 6.61 Å². The molecule has 0 aliphatic rings. The number of aryl methyl sites for hydroxylation is 1. The number of benzene rings is 1. The summed E-state index contributed by atoms with van der Waals surface area (Å²) in [4.78, 5) is 0. The minimum atomic E-state index is 0.147. The zero-order chi connectivity index (χ0) is 10.6. The molecule has 1 aromatic carbocycles. The van der Waals surface area contributed by atoms with Crippen LogP contribution in [-0.4, -0.2) is 18.3 Å². The monoisotopic (exact) mass is 195 g/mol. The Balaban J connectivity index is 2.59. The lowest BCUT2D eigenvalue weighted by Crippen LogP contribution is -2.12. The molecule has 0 amide bonds. The first kappa shape index (κ1) is 10.9. The van der Waals surface area contributed by atoms with E-state index in [9.17, 15) is 0 Å². The molecule has 0 saturated carbocycles. The van der Waals surface area contributed by atoms with Gasteiger partial charge in [-0.05, 0) is 30.7 Å². The molecule has 0 fully saturated rings. The SMILES string of the molecule is Cc1cc(N)ccc1OCC(C)CO. The minimum absolute atomic E-state index is 0.147. The summed E-state index contributed by atoms with van der Waals surface area (Å²) in [5.41, 5.74) is 7.38. The van der Waals surface area contributed by atoms with Crippen LogP contribution in [0.3, 0.4) is 0 Å². The van der Waals surface area contributed by atoms with Crippen LogP contribution in [0.4, 0.5) is 5.69 Å². The second kappa shape index (κ2) is 4.86. The average molecular weight is 195 g/mol. The Bertz CT molecular complexity index is 299. The molecule has 1 aromatic rings. The normalized spacial score (nSPS) is 12.5. The second-order valence-corrected chi connectivity index (χ2v) is 3.62. The Morgan fingerprint density at radius 1 is 1.50 bits per heavy atom. The summed E-state index contributed by atoms with van der Waals surface area (Å²) in [5, 5.41) is 8.83. The highest BCUT2D eigenvalue weighted by Crippen LogP contribution is 2.20. The van der Waals surface area contributed by atoms with Crippen LogP contribution in [0.5, 0.6) is 5.75 Å². The van der Waals surface area contributed by atoms with E-state index >= 15 is 0 Å². The predicted molar refractivity (Wildman–Crippen MR) is 57.3 cm³/mol. The highest BCUT2D eigenvalue weighted by Gasteiger charge is 2.03.